The maximum absolute atomic E-state index is 13.8. The Bertz CT molecular complexity index is 553. The summed E-state index contributed by atoms with van der Waals surface area (Å²) in [6.07, 6.45) is 1.58. The van der Waals surface area contributed by atoms with Gasteiger partial charge in [0.1, 0.15) is 23.9 Å². The van der Waals surface area contributed by atoms with Crippen molar-refractivity contribution in [3.05, 3.63) is 59.3 Å². The quantitative estimate of drug-likeness (QED) is 0.802. The first-order chi connectivity index (χ1) is 10.2. The molecule has 1 unspecified atom stereocenters. The third-order valence-corrected chi connectivity index (χ3v) is 3.34. The molecular weight excluding hydrogens is 269 g/mol. The number of hydrogen-bond donors (Lipinski definition) is 1. The molecule has 0 aliphatic carbocycles. The highest BCUT2D eigenvalue weighted by Gasteiger charge is 2.17. The number of benzene rings is 1. The van der Waals surface area contributed by atoms with Crippen LogP contribution in [0.3, 0.4) is 0 Å². The van der Waals surface area contributed by atoms with Crippen LogP contribution >= 0.6 is 0 Å². The Morgan fingerprint density at radius 3 is 2.76 bits per heavy atom. The molecule has 0 radical (unpaired) electrons. The molecule has 0 bridgehead atoms. The van der Waals surface area contributed by atoms with Gasteiger partial charge in [0.2, 0.25) is 0 Å². The molecule has 1 heterocycles. The largest absolute Gasteiger partial charge is 0.462 e. The van der Waals surface area contributed by atoms with Gasteiger partial charge < -0.3 is 14.5 Å². The lowest BCUT2D eigenvalue weighted by atomic mass is 10.0. The molecule has 0 saturated carbocycles. The van der Waals surface area contributed by atoms with Crippen molar-refractivity contribution in [2.45, 2.75) is 32.4 Å². The predicted octanol–water partition coefficient (Wildman–Crippen LogP) is 3.85. The van der Waals surface area contributed by atoms with Gasteiger partial charge in [-0.2, -0.15) is 0 Å². The Balaban J connectivity index is 2.15. The highest BCUT2D eigenvalue weighted by Crippen LogP contribution is 2.22. The minimum absolute atomic E-state index is 0.0348. The van der Waals surface area contributed by atoms with Crippen LogP contribution in [0, 0.1) is 5.82 Å². The van der Waals surface area contributed by atoms with Crippen LogP contribution in [0.25, 0.3) is 0 Å². The Kier molecular flexibility index (Phi) is 5.96. The maximum Gasteiger partial charge on any atom is 0.129 e. The third-order valence-electron chi connectivity index (χ3n) is 3.34. The number of nitrogens with one attached hydrogen (secondary N) is 1. The summed E-state index contributed by atoms with van der Waals surface area (Å²) in [4.78, 5) is 0. The topological polar surface area (TPSA) is 34.4 Å². The van der Waals surface area contributed by atoms with Crippen molar-refractivity contribution in [2.24, 2.45) is 0 Å². The summed E-state index contributed by atoms with van der Waals surface area (Å²) in [5.74, 6) is 1.42. The summed E-state index contributed by atoms with van der Waals surface area (Å²) in [6.45, 7) is 3.41. The van der Waals surface area contributed by atoms with Gasteiger partial charge in [-0.25, -0.2) is 4.39 Å². The van der Waals surface area contributed by atoms with Crippen molar-refractivity contribution in [2.75, 3.05) is 13.7 Å². The summed E-state index contributed by atoms with van der Waals surface area (Å²) in [5.41, 5.74) is 0.691. The molecule has 0 aliphatic rings. The van der Waals surface area contributed by atoms with Crippen molar-refractivity contribution in [3.63, 3.8) is 0 Å². The molecule has 1 aromatic carbocycles. The zero-order chi connectivity index (χ0) is 15.1. The van der Waals surface area contributed by atoms with E-state index in [0.29, 0.717) is 18.6 Å². The van der Waals surface area contributed by atoms with Crippen LogP contribution in [0.1, 0.15) is 36.5 Å². The van der Waals surface area contributed by atoms with E-state index in [1.807, 2.05) is 24.3 Å². The number of methoxy groups -OCH3 is 1. The van der Waals surface area contributed by atoms with Gasteiger partial charge in [-0.1, -0.05) is 25.1 Å². The van der Waals surface area contributed by atoms with Crippen LogP contribution in [0.4, 0.5) is 4.39 Å². The lowest BCUT2D eigenvalue weighted by Gasteiger charge is -2.17. The minimum atomic E-state index is -0.176. The zero-order valence-electron chi connectivity index (χ0n) is 12.6. The zero-order valence-corrected chi connectivity index (χ0v) is 12.6. The first-order valence-electron chi connectivity index (χ1n) is 7.29. The van der Waals surface area contributed by atoms with Crippen LogP contribution in [0.2, 0.25) is 0 Å². The van der Waals surface area contributed by atoms with Crippen molar-refractivity contribution in [1.29, 1.82) is 0 Å². The normalized spacial score (nSPS) is 12.5. The summed E-state index contributed by atoms with van der Waals surface area (Å²) in [7, 11) is 1.63. The Hall–Kier alpha value is -1.65. The standard InChI is InChI=1S/C17H22FNO2/c1-3-10-19-16(11-13-6-4-5-7-15(13)18)17-9-8-14(21-17)12-20-2/h4-9,16,19H,3,10-12H2,1-2H3. The number of hydrogen-bond acceptors (Lipinski definition) is 3. The van der Waals surface area contributed by atoms with E-state index in [9.17, 15) is 4.39 Å². The molecule has 0 aliphatic heterocycles. The van der Waals surface area contributed by atoms with Crippen molar-refractivity contribution in [1.82, 2.24) is 5.32 Å². The molecular formula is C17H22FNO2. The number of halogens is 1. The van der Waals surface area contributed by atoms with Gasteiger partial charge in [-0.15, -0.1) is 0 Å². The molecule has 0 saturated heterocycles. The first kappa shape index (κ1) is 15.7. The molecule has 0 spiro atoms. The van der Waals surface area contributed by atoms with E-state index in [2.05, 4.69) is 12.2 Å². The Labute approximate surface area is 125 Å². The fraction of sp³-hybridized carbons (Fsp3) is 0.412. The monoisotopic (exact) mass is 291 g/mol. The van der Waals surface area contributed by atoms with Gasteiger partial charge in [0, 0.05) is 7.11 Å². The smallest absolute Gasteiger partial charge is 0.129 e. The summed E-state index contributed by atoms with van der Waals surface area (Å²) in [5, 5.41) is 3.42. The van der Waals surface area contributed by atoms with Gasteiger partial charge >= 0.3 is 0 Å². The lowest BCUT2D eigenvalue weighted by Crippen LogP contribution is -2.24. The van der Waals surface area contributed by atoms with Crippen LogP contribution in [-0.2, 0) is 17.8 Å². The van der Waals surface area contributed by atoms with Crippen molar-refractivity contribution < 1.29 is 13.5 Å². The van der Waals surface area contributed by atoms with E-state index >= 15 is 0 Å². The van der Waals surface area contributed by atoms with E-state index in [1.54, 1.807) is 13.2 Å². The first-order valence-corrected chi connectivity index (χ1v) is 7.29. The average molecular weight is 291 g/mol. The SMILES string of the molecule is CCCNC(Cc1ccccc1F)c1ccc(COC)o1. The molecule has 4 heteroatoms. The molecule has 1 atom stereocenters. The van der Waals surface area contributed by atoms with Crippen LogP contribution in [0.5, 0.6) is 0 Å². The van der Waals surface area contributed by atoms with E-state index in [-0.39, 0.29) is 11.9 Å². The van der Waals surface area contributed by atoms with E-state index in [0.717, 1.165) is 24.5 Å². The van der Waals surface area contributed by atoms with Crippen molar-refractivity contribution in [3.8, 4) is 0 Å². The molecule has 0 fully saturated rings. The van der Waals surface area contributed by atoms with Gasteiger partial charge in [0.25, 0.3) is 0 Å². The molecule has 1 N–H and O–H groups in total. The molecule has 2 aromatic rings. The summed E-state index contributed by atoms with van der Waals surface area (Å²) < 4.78 is 24.7. The van der Waals surface area contributed by atoms with Crippen LogP contribution in [0.15, 0.2) is 40.8 Å². The second kappa shape index (κ2) is 7.96. The average Bonchev–Trinajstić information content (AvgIpc) is 2.94. The van der Waals surface area contributed by atoms with Gasteiger partial charge in [-0.3, -0.25) is 0 Å². The predicted molar refractivity (Wildman–Crippen MR) is 80.6 cm³/mol. The molecule has 2 rings (SSSR count). The molecule has 21 heavy (non-hydrogen) atoms. The second-order valence-corrected chi connectivity index (χ2v) is 5.04. The molecule has 3 nitrogen and oxygen atoms in total. The Morgan fingerprint density at radius 1 is 1.24 bits per heavy atom. The third kappa shape index (κ3) is 4.41. The lowest BCUT2D eigenvalue weighted by molar-refractivity contribution is 0.161. The summed E-state index contributed by atoms with van der Waals surface area (Å²) in [6, 6.07) is 10.7. The molecule has 1 aromatic heterocycles. The van der Waals surface area contributed by atoms with Crippen LogP contribution in [-0.4, -0.2) is 13.7 Å². The highest BCUT2D eigenvalue weighted by molar-refractivity contribution is 5.21. The second-order valence-electron chi connectivity index (χ2n) is 5.04. The summed E-state index contributed by atoms with van der Waals surface area (Å²) >= 11 is 0. The fourth-order valence-electron chi connectivity index (χ4n) is 2.28. The molecule has 114 valence electrons. The Morgan fingerprint density at radius 2 is 2.05 bits per heavy atom. The van der Waals surface area contributed by atoms with Crippen molar-refractivity contribution >= 4 is 0 Å². The number of ether oxygens (including phenoxy) is 1. The number of furan rings is 1. The highest BCUT2D eigenvalue weighted by atomic mass is 19.1. The van der Waals surface area contributed by atoms with E-state index < -0.39 is 0 Å². The number of rotatable bonds is 8. The van der Waals surface area contributed by atoms with Gasteiger partial charge in [0.15, 0.2) is 0 Å². The van der Waals surface area contributed by atoms with Gasteiger partial charge in [-0.05, 0) is 43.1 Å². The minimum Gasteiger partial charge on any atom is -0.462 e. The molecule has 0 amide bonds. The van der Waals surface area contributed by atoms with Gasteiger partial charge in [0.05, 0.1) is 6.04 Å². The van der Waals surface area contributed by atoms with E-state index in [4.69, 9.17) is 9.15 Å². The van der Waals surface area contributed by atoms with E-state index in [1.165, 1.54) is 6.07 Å². The maximum atomic E-state index is 13.8. The van der Waals surface area contributed by atoms with Crippen LogP contribution < -0.4 is 5.32 Å². The fourth-order valence-corrected chi connectivity index (χ4v) is 2.28.